The number of aryl methyl sites for hydroxylation is 2. The fraction of sp³-hybridized carbons (Fsp3) is 0.450. The van der Waals surface area contributed by atoms with Crippen LogP contribution in [-0.4, -0.2) is 72.7 Å². The molecule has 1 saturated heterocycles. The third kappa shape index (κ3) is 4.42. The van der Waals surface area contributed by atoms with Gasteiger partial charge in [-0.25, -0.2) is 13.2 Å². The molecule has 0 saturated carbocycles. The number of fused-ring (bicyclic) bond motifs is 1. The number of aromatic nitrogens is 2. The van der Waals surface area contributed by atoms with Crippen LogP contribution < -0.4 is 5.32 Å². The Bertz CT molecular complexity index is 1050. The molecule has 1 N–H and O–H groups in total. The molecule has 11 heteroatoms. The Morgan fingerprint density at radius 3 is 2.39 bits per heavy atom. The number of anilines is 1. The van der Waals surface area contributed by atoms with Gasteiger partial charge in [-0.3, -0.25) is 14.8 Å². The zero-order valence-electron chi connectivity index (χ0n) is 17.3. The molecule has 1 aromatic carbocycles. The topological polar surface area (TPSA) is 114 Å². The molecule has 2 aliphatic rings. The fourth-order valence-electron chi connectivity index (χ4n) is 3.84. The van der Waals surface area contributed by atoms with Crippen LogP contribution in [-0.2, 0) is 27.7 Å². The average Bonchev–Trinajstić information content (AvgIpc) is 3.23. The van der Waals surface area contributed by atoms with Gasteiger partial charge in [-0.05, 0) is 49.6 Å². The van der Waals surface area contributed by atoms with Crippen LogP contribution in [0.3, 0.4) is 0 Å². The first-order valence-electron chi connectivity index (χ1n) is 10.2. The van der Waals surface area contributed by atoms with Gasteiger partial charge in [-0.1, -0.05) is 0 Å². The van der Waals surface area contributed by atoms with Gasteiger partial charge in [0.2, 0.25) is 10.0 Å². The predicted molar refractivity (Wildman–Crippen MR) is 112 cm³/mol. The van der Waals surface area contributed by atoms with Crippen molar-refractivity contribution in [3.05, 3.63) is 41.7 Å². The summed E-state index contributed by atoms with van der Waals surface area (Å²) >= 11 is 0. The number of sulfonamides is 1. The predicted octanol–water partition coefficient (Wildman–Crippen LogP) is 1.54. The second kappa shape index (κ2) is 8.67. The highest BCUT2D eigenvalue weighted by Crippen LogP contribution is 2.21. The van der Waals surface area contributed by atoms with Crippen molar-refractivity contribution in [3.8, 4) is 0 Å². The van der Waals surface area contributed by atoms with Crippen LogP contribution >= 0.6 is 0 Å². The Morgan fingerprint density at radius 1 is 1.03 bits per heavy atom. The molecule has 2 aliphatic heterocycles. The Morgan fingerprint density at radius 2 is 1.74 bits per heavy atom. The lowest BCUT2D eigenvalue weighted by molar-refractivity contribution is 0.0691. The maximum Gasteiger partial charge on any atom is 0.411 e. The number of hydrogen-bond donors (Lipinski definition) is 1. The van der Waals surface area contributed by atoms with Crippen LogP contribution in [0.1, 0.15) is 29.0 Å². The summed E-state index contributed by atoms with van der Waals surface area (Å²) in [5, 5.41) is 6.91. The first-order valence-corrected chi connectivity index (χ1v) is 11.6. The highest BCUT2D eigenvalue weighted by Gasteiger charge is 2.31. The largest absolute Gasteiger partial charge is 0.453 e. The monoisotopic (exact) mass is 447 g/mol. The number of hydrogen-bond acceptors (Lipinski definition) is 6. The van der Waals surface area contributed by atoms with Crippen molar-refractivity contribution < 1.29 is 22.7 Å². The average molecular weight is 448 g/mol. The summed E-state index contributed by atoms with van der Waals surface area (Å²) in [7, 11) is -2.45. The fourth-order valence-corrected chi connectivity index (χ4v) is 5.27. The van der Waals surface area contributed by atoms with Crippen LogP contribution in [0.15, 0.2) is 35.2 Å². The molecule has 0 unspecified atom stereocenters. The second-order valence-corrected chi connectivity index (χ2v) is 9.48. The molecule has 0 bridgehead atoms. The number of carbonyl (C=O) groups is 2. The first-order chi connectivity index (χ1) is 14.9. The Balaban J connectivity index is 1.39. The van der Waals surface area contributed by atoms with Crippen LogP contribution in [0.2, 0.25) is 0 Å². The van der Waals surface area contributed by atoms with E-state index in [9.17, 15) is 18.0 Å². The number of rotatable bonds is 4. The molecule has 0 aliphatic carbocycles. The lowest BCUT2D eigenvalue weighted by Gasteiger charge is -2.33. The van der Waals surface area contributed by atoms with E-state index in [0.29, 0.717) is 24.5 Å². The molecule has 1 fully saturated rings. The zero-order valence-corrected chi connectivity index (χ0v) is 18.1. The van der Waals surface area contributed by atoms with E-state index in [2.05, 4.69) is 15.2 Å². The van der Waals surface area contributed by atoms with Crippen molar-refractivity contribution in [2.45, 2.75) is 30.7 Å². The molecular formula is C20H25N5O5S. The van der Waals surface area contributed by atoms with Gasteiger partial charge in [0.05, 0.1) is 12.0 Å². The number of benzene rings is 1. The van der Waals surface area contributed by atoms with Gasteiger partial charge in [-0.15, -0.1) is 0 Å². The van der Waals surface area contributed by atoms with Gasteiger partial charge in [0.15, 0.2) is 5.69 Å². The molecule has 0 atom stereocenters. The van der Waals surface area contributed by atoms with Crippen LogP contribution in [0, 0.1) is 0 Å². The zero-order chi connectivity index (χ0) is 22.0. The summed E-state index contributed by atoms with van der Waals surface area (Å²) in [4.78, 5) is 25.9. The first kappa shape index (κ1) is 21.3. The van der Waals surface area contributed by atoms with E-state index in [1.165, 1.54) is 35.7 Å². The molecule has 0 spiro atoms. The smallest absolute Gasteiger partial charge is 0.411 e. The van der Waals surface area contributed by atoms with Crippen molar-refractivity contribution in [2.24, 2.45) is 0 Å². The number of ether oxygens (including phenoxy) is 1. The summed E-state index contributed by atoms with van der Waals surface area (Å²) in [6.07, 6.45) is 2.48. The molecule has 1 aromatic heterocycles. The minimum atomic E-state index is -3.70. The number of nitrogens with zero attached hydrogens (tertiary/aromatic N) is 4. The molecule has 2 aromatic rings. The number of methoxy groups -OCH3 is 1. The molecular weight excluding hydrogens is 422 g/mol. The molecule has 31 heavy (non-hydrogen) atoms. The lowest BCUT2D eigenvalue weighted by atomic mass is 10.1. The number of amides is 2. The normalized spacial score (nSPS) is 17.1. The van der Waals surface area contributed by atoms with Gasteiger partial charge < -0.3 is 9.64 Å². The van der Waals surface area contributed by atoms with Crippen molar-refractivity contribution in [1.82, 2.24) is 19.0 Å². The molecule has 166 valence electrons. The van der Waals surface area contributed by atoms with Gasteiger partial charge >= 0.3 is 6.09 Å². The minimum absolute atomic E-state index is 0.129. The Kier molecular flexibility index (Phi) is 5.96. The van der Waals surface area contributed by atoms with E-state index in [-0.39, 0.29) is 23.9 Å². The summed E-state index contributed by atoms with van der Waals surface area (Å²) in [6, 6.07) is 7.74. The van der Waals surface area contributed by atoms with E-state index in [1.54, 1.807) is 4.90 Å². The summed E-state index contributed by atoms with van der Waals surface area (Å²) < 4.78 is 33.7. The van der Waals surface area contributed by atoms with E-state index >= 15 is 0 Å². The van der Waals surface area contributed by atoms with Crippen LogP contribution in [0.4, 0.5) is 10.5 Å². The summed E-state index contributed by atoms with van der Waals surface area (Å²) in [6.45, 7) is 1.88. The summed E-state index contributed by atoms with van der Waals surface area (Å²) in [5.41, 5.74) is 1.95. The van der Waals surface area contributed by atoms with E-state index < -0.39 is 16.1 Å². The maximum absolute atomic E-state index is 13.0. The highest BCUT2D eigenvalue weighted by molar-refractivity contribution is 7.89. The van der Waals surface area contributed by atoms with Gasteiger partial charge in [0.25, 0.3) is 5.91 Å². The van der Waals surface area contributed by atoms with E-state index in [0.717, 1.165) is 31.5 Å². The standard InChI is InChI=1S/C20H25N5O5S/c1-30-20(27)21-15-5-7-17(8-6-15)31(28,29)24-12-10-23(11-13-24)19(26)18-14-16-4-2-3-9-25(16)22-18/h5-8,14H,2-4,9-13H2,1H3,(H,21,27). The summed E-state index contributed by atoms with van der Waals surface area (Å²) in [5.74, 6) is -0.155. The third-order valence-corrected chi connectivity index (χ3v) is 7.50. The van der Waals surface area contributed by atoms with Crippen molar-refractivity contribution in [2.75, 3.05) is 38.6 Å². The molecule has 0 radical (unpaired) electrons. The van der Waals surface area contributed by atoms with Crippen LogP contribution in [0.25, 0.3) is 0 Å². The highest BCUT2D eigenvalue weighted by atomic mass is 32.2. The van der Waals surface area contributed by atoms with Crippen molar-refractivity contribution in [3.63, 3.8) is 0 Å². The number of nitrogens with one attached hydrogen (secondary N) is 1. The molecule has 10 nitrogen and oxygen atoms in total. The van der Waals surface area contributed by atoms with E-state index in [1.807, 2.05) is 10.7 Å². The molecule has 4 rings (SSSR count). The van der Waals surface area contributed by atoms with Gasteiger partial charge in [0, 0.05) is 44.1 Å². The van der Waals surface area contributed by atoms with Crippen LogP contribution in [0.5, 0.6) is 0 Å². The minimum Gasteiger partial charge on any atom is -0.453 e. The number of carbonyl (C=O) groups excluding carboxylic acids is 2. The van der Waals surface area contributed by atoms with E-state index in [4.69, 9.17) is 0 Å². The molecule has 2 amide bonds. The van der Waals surface area contributed by atoms with Gasteiger partial charge in [-0.2, -0.15) is 9.40 Å². The third-order valence-electron chi connectivity index (χ3n) is 5.59. The lowest BCUT2D eigenvalue weighted by Crippen LogP contribution is -2.50. The second-order valence-electron chi connectivity index (χ2n) is 7.54. The van der Waals surface area contributed by atoms with Crippen molar-refractivity contribution in [1.29, 1.82) is 0 Å². The maximum atomic E-state index is 13.0. The molecule has 3 heterocycles. The SMILES string of the molecule is COC(=O)Nc1ccc(S(=O)(=O)N2CCN(C(=O)c3cc4n(n3)CCCC4)CC2)cc1. The Hall–Kier alpha value is -2.92. The van der Waals surface area contributed by atoms with Crippen molar-refractivity contribution >= 4 is 27.7 Å². The quantitative estimate of drug-likeness (QED) is 0.761. The number of piperazine rings is 1. The van der Waals surface area contributed by atoms with Gasteiger partial charge in [0.1, 0.15) is 0 Å². The Labute approximate surface area is 180 Å².